The highest BCUT2D eigenvalue weighted by Gasteiger charge is 2.58. The average Bonchev–Trinajstić information content (AvgIpc) is 3.35. The van der Waals surface area contributed by atoms with E-state index in [4.69, 9.17) is 14.2 Å². The molecule has 0 unspecified atom stereocenters. The largest absolute Gasteiger partial charge is 0.458 e. The van der Waals surface area contributed by atoms with Gasteiger partial charge in [0.1, 0.15) is 24.4 Å². The molecule has 0 radical (unpaired) electrons. The summed E-state index contributed by atoms with van der Waals surface area (Å²) in [4.78, 5) is 36.9. The molecule has 0 aromatic carbocycles. The van der Waals surface area contributed by atoms with Crippen molar-refractivity contribution < 1.29 is 33.7 Å². The van der Waals surface area contributed by atoms with Gasteiger partial charge in [0.15, 0.2) is 5.78 Å². The van der Waals surface area contributed by atoms with Crippen molar-refractivity contribution in [3.05, 3.63) is 35.5 Å². The smallest absolute Gasteiger partial charge is 0.334 e. The topological polar surface area (TPSA) is 102 Å². The monoisotopic (exact) mass is 376 g/mol. The highest BCUT2D eigenvalue weighted by Crippen LogP contribution is 2.43. The van der Waals surface area contributed by atoms with Gasteiger partial charge >= 0.3 is 11.9 Å². The van der Waals surface area contributed by atoms with E-state index < -0.39 is 47.9 Å². The number of allylic oxidation sites excluding steroid dienone is 1. The third kappa shape index (κ3) is 3.49. The van der Waals surface area contributed by atoms with Gasteiger partial charge in [-0.25, -0.2) is 9.59 Å². The van der Waals surface area contributed by atoms with Crippen molar-refractivity contribution in [2.75, 3.05) is 0 Å². The molecule has 2 saturated heterocycles. The first-order chi connectivity index (χ1) is 12.6. The summed E-state index contributed by atoms with van der Waals surface area (Å²) in [5.41, 5.74) is -0.505. The van der Waals surface area contributed by atoms with Crippen molar-refractivity contribution >= 4 is 17.7 Å². The molecule has 146 valence electrons. The lowest BCUT2D eigenvalue weighted by Crippen LogP contribution is -2.44. The fourth-order valence-corrected chi connectivity index (χ4v) is 3.63. The number of esters is 2. The van der Waals surface area contributed by atoms with E-state index in [1.165, 1.54) is 6.92 Å². The zero-order valence-corrected chi connectivity index (χ0v) is 15.9. The van der Waals surface area contributed by atoms with Gasteiger partial charge in [-0.05, 0) is 39.3 Å². The van der Waals surface area contributed by atoms with Crippen LogP contribution in [-0.2, 0) is 28.6 Å². The summed E-state index contributed by atoms with van der Waals surface area (Å²) >= 11 is 0. The first kappa shape index (κ1) is 19.5. The van der Waals surface area contributed by atoms with E-state index in [9.17, 15) is 19.5 Å². The van der Waals surface area contributed by atoms with E-state index in [2.05, 4.69) is 6.58 Å². The maximum atomic E-state index is 12.5. The number of Topliss-reactive ketones (excluding diaryl/α,β-unsaturated/α-hetero) is 1. The molecule has 2 fully saturated rings. The van der Waals surface area contributed by atoms with Crippen molar-refractivity contribution in [3.63, 3.8) is 0 Å². The van der Waals surface area contributed by atoms with Crippen LogP contribution in [0.15, 0.2) is 35.5 Å². The van der Waals surface area contributed by atoms with E-state index in [-0.39, 0.29) is 17.8 Å². The molecule has 3 aliphatic rings. The van der Waals surface area contributed by atoms with Gasteiger partial charge < -0.3 is 19.3 Å². The Balaban J connectivity index is 2.03. The Labute approximate surface area is 157 Å². The van der Waals surface area contributed by atoms with Crippen LogP contribution in [0.25, 0.3) is 0 Å². The van der Waals surface area contributed by atoms with Crippen LogP contribution in [0, 0.1) is 5.92 Å². The lowest BCUT2D eigenvalue weighted by Gasteiger charge is -2.32. The second-order valence-corrected chi connectivity index (χ2v) is 7.59. The number of rotatable bonds is 2. The molecule has 7 nitrogen and oxygen atoms in total. The molecule has 0 amide bonds. The Morgan fingerprint density at radius 3 is 2.74 bits per heavy atom. The lowest BCUT2D eigenvalue weighted by molar-refractivity contribution is -0.151. The molecule has 0 spiro atoms. The Morgan fingerprint density at radius 2 is 2.11 bits per heavy atom. The normalized spacial score (nSPS) is 41.1. The quantitative estimate of drug-likeness (QED) is 0.441. The minimum atomic E-state index is -1.43. The fraction of sp³-hybridized carbons (Fsp3) is 0.550. The molecular formula is C20H24O7. The maximum absolute atomic E-state index is 12.5. The Hall–Kier alpha value is -2.25. The summed E-state index contributed by atoms with van der Waals surface area (Å²) in [6.45, 7) is 10.2. The van der Waals surface area contributed by atoms with E-state index in [1.54, 1.807) is 32.9 Å². The molecule has 0 aromatic rings. The standard InChI is InChI=1S/C20H24O7/c1-6-9(2)18(22)26-13-8-20(5,24)17-16(27-17)15(21)10(3)7-12-14(13)11(4)19(23)25-12/h6-7,12-14,16-17,24H,4,8H2,1-3,5H3/b9-6-,10-7-/t12-,13+,14-,16-,17-,20+/m0/s1. The molecule has 7 heteroatoms. The van der Waals surface area contributed by atoms with Gasteiger partial charge in [0.25, 0.3) is 0 Å². The first-order valence-electron chi connectivity index (χ1n) is 8.91. The highest BCUT2D eigenvalue weighted by molar-refractivity contribution is 6.01. The number of epoxide rings is 1. The number of ketones is 1. The highest BCUT2D eigenvalue weighted by atomic mass is 16.6. The number of carbonyl (C=O) groups excluding carboxylic acids is 3. The summed E-state index contributed by atoms with van der Waals surface area (Å²) < 4.78 is 16.4. The summed E-state index contributed by atoms with van der Waals surface area (Å²) in [7, 11) is 0. The molecule has 3 rings (SSSR count). The molecule has 1 aliphatic carbocycles. The second kappa shape index (κ2) is 6.73. The summed E-state index contributed by atoms with van der Waals surface area (Å²) in [5.74, 6) is -2.11. The van der Waals surface area contributed by atoms with Crippen LogP contribution < -0.4 is 0 Å². The van der Waals surface area contributed by atoms with Gasteiger partial charge in [-0.2, -0.15) is 0 Å². The molecule has 2 heterocycles. The lowest BCUT2D eigenvalue weighted by atomic mass is 9.80. The second-order valence-electron chi connectivity index (χ2n) is 7.59. The van der Waals surface area contributed by atoms with Gasteiger partial charge in [-0.15, -0.1) is 0 Å². The number of fused-ring (bicyclic) bond motifs is 2. The van der Waals surface area contributed by atoms with E-state index in [0.717, 1.165) is 0 Å². The fourth-order valence-electron chi connectivity index (χ4n) is 3.63. The first-order valence-corrected chi connectivity index (χ1v) is 8.91. The third-order valence-corrected chi connectivity index (χ3v) is 5.46. The van der Waals surface area contributed by atoms with E-state index in [0.29, 0.717) is 11.1 Å². The minimum absolute atomic E-state index is 0.0199. The molecule has 0 aromatic heterocycles. The van der Waals surface area contributed by atoms with Gasteiger partial charge in [0.2, 0.25) is 0 Å². The zero-order chi connectivity index (χ0) is 20.1. The predicted octanol–water partition coefficient (Wildman–Crippen LogP) is 1.40. The number of hydrogen-bond acceptors (Lipinski definition) is 7. The van der Waals surface area contributed by atoms with Crippen molar-refractivity contribution in [2.24, 2.45) is 5.92 Å². The molecule has 0 bridgehead atoms. The molecule has 6 atom stereocenters. The summed E-state index contributed by atoms with van der Waals surface area (Å²) in [5, 5.41) is 10.9. The third-order valence-electron chi connectivity index (χ3n) is 5.46. The van der Waals surface area contributed by atoms with Crippen molar-refractivity contribution in [3.8, 4) is 0 Å². The average molecular weight is 376 g/mol. The van der Waals surface area contributed by atoms with Gasteiger partial charge in [-0.1, -0.05) is 12.7 Å². The van der Waals surface area contributed by atoms with Crippen LogP contribution >= 0.6 is 0 Å². The van der Waals surface area contributed by atoms with Crippen molar-refractivity contribution in [2.45, 2.75) is 64.1 Å². The minimum Gasteiger partial charge on any atom is -0.458 e. The van der Waals surface area contributed by atoms with Crippen LogP contribution in [0.4, 0.5) is 0 Å². The molecule has 0 saturated carbocycles. The van der Waals surface area contributed by atoms with Crippen LogP contribution in [0.2, 0.25) is 0 Å². The Bertz CT molecular complexity index is 773. The van der Waals surface area contributed by atoms with Gasteiger partial charge in [0, 0.05) is 17.6 Å². The maximum Gasteiger partial charge on any atom is 0.334 e. The Kier molecular flexibility index (Phi) is 4.86. The Morgan fingerprint density at radius 1 is 1.44 bits per heavy atom. The number of aliphatic hydroxyl groups is 1. The van der Waals surface area contributed by atoms with E-state index >= 15 is 0 Å². The van der Waals surface area contributed by atoms with Crippen LogP contribution in [-0.4, -0.2) is 52.8 Å². The predicted molar refractivity (Wildman–Crippen MR) is 94.5 cm³/mol. The number of hydrogen-bond donors (Lipinski definition) is 1. The van der Waals surface area contributed by atoms with Gasteiger partial charge in [-0.3, -0.25) is 4.79 Å². The van der Waals surface area contributed by atoms with Crippen LogP contribution in [0.3, 0.4) is 0 Å². The van der Waals surface area contributed by atoms with E-state index in [1.807, 2.05) is 0 Å². The zero-order valence-electron chi connectivity index (χ0n) is 15.9. The summed E-state index contributed by atoms with van der Waals surface area (Å²) in [6.07, 6.45) is 0.0321. The molecule has 27 heavy (non-hydrogen) atoms. The summed E-state index contributed by atoms with van der Waals surface area (Å²) in [6, 6.07) is 0. The SMILES string of the molecule is C=C1C(=O)O[C@H]2/C=C(/C)C(=O)[C@@H]3O[C@@H]3[C@](C)(O)C[C@@H](OC(=O)/C(C)=C\C)[C@@H]12. The van der Waals surface area contributed by atoms with Crippen LogP contribution in [0.1, 0.15) is 34.1 Å². The molecule has 1 N–H and O–H groups in total. The van der Waals surface area contributed by atoms with Crippen molar-refractivity contribution in [1.82, 2.24) is 0 Å². The number of carbonyl (C=O) groups is 3. The van der Waals surface area contributed by atoms with Crippen LogP contribution in [0.5, 0.6) is 0 Å². The molecule has 2 aliphatic heterocycles. The molecular weight excluding hydrogens is 352 g/mol. The number of ether oxygens (including phenoxy) is 3. The van der Waals surface area contributed by atoms with Gasteiger partial charge in [0.05, 0.1) is 11.5 Å². The van der Waals surface area contributed by atoms with Crippen molar-refractivity contribution in [1.29, 1.82) is 0 Å².